The van der Waals surface area contributed by atoms with Crippen molar-refractivity contribution in [3.63, 3.8) is 0 Å². The Balaban J connectivity index is 2.21. The molecule has 0 bridgehead atoms. The third-order valence-electron chi connectivity index (χ3n) is 3.01. The van der Waals surface area contributed by atoms with Crippen LogP contribution in [0.15, 0.2) is 0 Å². The molecular weight excluding hydrogens is 188 g/mol. The van der Waals surface area contributed by atoms with Crippen LogP contribution in [0.5, 0.6) is 0 Å². The third-order valence-corrected chi connectivity index (χ3v) is 3.01. The van der Waals surface area contributed by atoms with Crippen molar-refractivity contribution in [3.8, 4) is 6.07 Å². The number of nitriles is 1. The van der Waals surface area contributed by atoms with E-state index in [1.807, 2.05) is 0 Å². The molecule has 84 valence electrons. The number of carbonyl (C=O) groups excluding carboxylic acids is 1. The molecule has 0 aliphatic carbocycles. The van der Waals surface area contributed by atoms with Gasteiger partial charge in [0.05, 0.1) is 6.07 Å². The van der Waals surface area contributed by atoms with Crippen LogP contribution in [0.4, 0.5) is 0 Å². The van der Waals surface area contributed by atoms with Gasteiger partial charge in [-0.2, -0.15) is 5.26 Å². The minimum absolute atomic E-state index is 0.295. The molecule has 0 aromatic heterocycles. The Hall–Kier alpha value is -0.880. The molecule has 15 heavy (non-hydrogen) atoms. The Labute approximate surface area is 92.1 Å². The van der Waals surface area contributed by atoms with Gasteiger partial charge in [-0.3, -0.25) is 9.69 Å². The van der Waals surface area contributed by atoms with Crippen LogP contribution in [-0.2, 0) is 4.79 Å². The van der Waals surface area contributed by atoms with Crippen LogP contribution in [0.1, 0.15) is 45.4 Å². The molecule has 0 saturated carbocycles. The molecule has 1 aliphatic rings. The fraction of sp³-hybridized carbons (Fsp3) is 0.833. The van der Waals surface area contributed by atoms with Crippen LogP contribution in [0.3, 0.4) is 0 Å². The summed E-state index contributed by atoms with van der Waals surface area (Å²) < 4.78 is 0. The monoisotopic (exact) mass is 208 g/mol. The fourth-order valence-electron chi connectivity index (χ4n) is 2.27. The number of Topliss-reactive ketones (excluding diaryl/α,β-unsaturated/α-hetero) is 1. The van der Waals surface area contributed by atoms with Crippen molar-refractivity contribution in [2.45, 2.75) is 51.5 Å². The molecule has 1 atom stereocenters. The lowest BCUT2D eigenvalue weighted by Crippen LogP contribution is -2.31. The maximum Gasteiger partial charge on any atom is 0.131 e. The number of nitrogens with zero attached hydrogens (tertiary/aromatic N) is 2. The minimum atomic E-state index is 0.295. The van der Waals surface area contributed by atoms with E-state index in [2.05, 4.69) is 11.0 Å². The molecule has 1 aliphatic heterocycles. The lowest BCUT2D eigenvalue weighted by Gasteiger charge is -2.23. The maximum absolute atomic E-state index is 11.1. The van der Waals surface area contributed by atoms with Gasteiger partial charge in [0, 0.05) is 18.9 Å². The molecule has 3 heteroatoms. The van der Waals surface area contributed by atoms with E-state index < -0.39 is 0 Å². The second-order valence-electron chi connectivity index (χ2n) is 4.35. The molecule has 1 rings (SSSR count). The molecular formula is C12H20N2O. The molecule has 1 heterocycles. The Morgan fingerprint density at radius 3 is 3.00 bits per heavy atom. The summed E-state index contributed by atoms with van der Waals surface area (Å²) in [6, 6.07) is 2.64. The Bertz CT molecular complexity index is 244. The van der Waals surface area contributed by atoms with Gasteiger partial charge in [0.1, 0.15) is 5.78 Å². The number of rotatable bonds is 6. The maximum atomic E-state index is 11.1. The highest BCUT2D eigenvalue weighted by atomic mass is 16.1. The van der Waals surface area contributed by atoms with Crippen molar-refractivity contribution < 1.29 is 4.79 Å². The lowest BCUT2D eigenvalue weighted by molar-refractivity contribution is -0.118. The quantitative estimate of drug-likeness (QED) is 0.628. The number of likely N-dealkylation sites (tertiary alicyclic amines) is 1. The summed E-state index contributed by atoms with van der Waals surface area (Å²) in [7, 11) is 0. The fourth-order valence-corrected chi connectivity index (χ4v) is 2.27. The van der Waals surface area contributed by atoms with Gasteiger partial charge in [-0.25, -0.2) is 0 Å². The molecule has 0 spiro atoms. The lowest BCUT2D eigenvalue weighted by atomic mass is 10.1. The van der Waals surface area contributed by atoms with Crippen LogP contribution in [0.25, 0.3) is 0 Å². The summed E-state index contributed by atoms with van der Waals surface area (Å²) in [5.74, 6) is 0.295. The van der Waals surface area contributed by atoms with E-state index in [0.717, 1.165) is 32.4 Å². The highest BCUT2D eigenvalue weighted by Gasteiger charge is 2.24. The largest absolute Gasteiger partial charge is 0.300 e. The van der Waals surface area contributed by atoms with Gasteiger partial charge in [-0.15, -0.1) is 0 Å². The smallest absolute Gasteiger partial charge is 0.131 e. The summed E-state index contributed by atoms with van der Waals surface area (Å²) >= 11 is 0. The van der Waals surface area contributed by atoms with Gasteiger partial charge in [0.25, 0.3) is 0 Å². The number of hydrogen-bond acceptors (Lipinski definition) is 3. The summed E-state index contributed by atoms with van der Waals surface area (Å²) in [6.45, 7) is 3.86. The number of ketones is 1. The molecule has 0 N–H and O–H groups in total. The first-order valence-electron chi connectivity index (χ1n) is 5.84. The molecule has 1 fully saturated rings. The molecule has 0 aromatic rings. The summed E-state index contributed by atoms with van der Waals surface area (Å²) in [6.07, 6.45) is 5.82. The molecule has 1 unspecified atom stereocenters. The Morgan fingerprint density at radius 1 is 1.53 bits per heavy atom. The average molecular weight is 208 g/mol. The number of carbonyl (C=O) groups is 1. The zero-order valence-corrected chi connectivity index (χ0v) is 9.54. The van der Waals surface area contributed by atoms with Gasteiger partial charge in [0.15, 0.2) is 0 Å². The van der Waals surface area contributed by atoms with Crippen molar-refractivity contribution in [2.24, 2.45) is 0 Å². The van der Waals surface area contributed by atoms with E-state index in [0.29, 0.717) is 24.7 Å². The van der Waals surface area contributed by atoms with Crippen molar-refractivity contribution in [1.82, 2.24) is 4.90 Å². The highest BCUT2D eigenvalue weighted by Crippen LogP contribution is 2.20. The van der Waals surface area contributed by atoms with Crippen molar-refractivity contribution >= 4 is 5.78 Å². The van der Waals surface area contributed by atoms with Crippen molar-refractivity contribution in [1.29, 1.82) is 5.26 Å². The van der Waals surface area contributed by atoms with E-state index in [9.17, 15) is 4.79 Å². The van der Waals surface area contributed by atoms with E-state index in [-0.39, 0.29) is 0 Å². The SMILES string of the molecule is CC(=O)CC1CCCN1CCCCC#N. The first kappa shape index (κ1) is 12.2. The molecule has 0 amide bonds. The Morgan fingerprint density at radius 2 is 2.33 bits per heavy atom. The normalized spacial score (nSPS) is 21.5. The zero-order valence-electron chi connectivity index (χ0n) is 9.54. The van der Waals surface area contributed by atoms with Gasteiger partial charge in [0.2, 0.25) is 0 Å². The summed E-state index contributed by atoms with van der Waals surface area (Å²) in [5.41, 5.74) is 0. The first-order valence-corrected chi connectivity index (χ1v) is 5.84. The second kappa shape index (κ2) is 6.58. The van der Waals surface area contributed by atoms with E-state index in [1.54, 1.807) is 6.92 Å². The highest BCUT2D eigenvalue weighted by molar-refractivity contribution is 5.76. The zero-order chi connectivity index (χ0) is 11.1. The van der Waals surface area contributed by atoms with Gasteiger partial charge in [-0.1, -0.05) is 0 Å². The number of unbranched alkanes of at least 4 members (excludes halogenated alkanes) is 2. The van der Waals surface area contributed by atoms with Gasteiger partial charge >= 0.3 is 0 Å². The van der Waals surface area contributed by atoms with E-state index in [4.69, 9.17) is 5.26 Å². The van der Waals surface area contributed by atoms with Gasteiger partial charge in [-0.05, 0) is 45.7 Å². The van der Waals surface area contributed by atoms with Crippen LogP contribution in [0, 0.1) is 11.3 Å². The van der Waals surface area contributed by atoms with Crippen LogP contribution in [0.2, 0.25) is 0 Å². The predicted molar refractivity (Wildman–Crippen MR) is 59.4 cm³/mol. The molecule has 0 radical (unpaired) electrons. The van der Waals surface area contributed by atoms with Crippen molar-refractivity contribution in [2.75, 3.05) is 13.1 Å². The predicted octanol–water partition coefficient (Wildman–Crippen LogP) is 2.12. The average Bonchev–Trinajstić information content (AvgIpc) is 2.59. The van der Waals surface area contributed by atoms with Crippen LogP contribution in [-0.4, -0.2) is 29.8 Å². The molecule has 1 saturated heterocycles. The molecule has 3 nitrogen and oxygen atoms in total. The number of hydrogen-bond donors (Lipinski definition) is 0. The molecule has 0 aromatic carbocycles. The summed E-state index contributed by atoms with van der Waals surface area (Å²) in [5, 5.41) is 8.42. The Kier molecular flexibility index (Phi) is 5.34. The van der Waals surface area contributed by atoms with E-state index in [1.165, 1.54) is 6.42 Å². The van der Waals surface area contributed by atoms with E-state index >= 15 is 0 Å². The minimum Gasteiger partial charge on any atom is -0.300 e. The van der Waals surface area contributed by atoms with Crippen LogP contribution < -0.4 is 0 Å². The summed E-state index contributed by atoms with van der Waals surface area (Å²) in [4.78, 5) is 13.5. The first-order chi connectivity index (χ1) is 7.24. The van der Waals surface area contributed by atoms with Gasteiger partial charge < -0.3 is 0 Å². The second-order valence-corrected chi connectivity index (χ2v) is 4.35. The van der Waals surface area contributed by atoms with Crippen molar-refractivity contribution in [3.05, 3.63) is 0 Å². The topological polar surface area (TPSA) is 44.1 Å². The standard InChI is InChI=1S/C12H20N2O/c1-11(15)10-12-6-5-9-14(12)8-4-2-3-7-13/h12H,2-6,8-10H2,1H3. The van der Waals surface area contributed by atoms with Crippen LogP contribution >= 0.6 is 0 Å². The third kappa shape index (κ3) is 4.44.